The topological polar surface area (TPSA) is 32.7 Å². The fraction of sp³-hybridized carbons (Fsp3) is 0.333. The second kappa shape index (κ2) is 6.92. The van der Waals surface area contributed by atoms with Crippen molar-refractivity contribution in [3.63, 3.8) is 0 Å². The van der Waals surface area contributed by atoms with Crippen LogP contribution in [0.1, 0.15) is 23.1 Å². The van der Waals surface area contributed by atoms with Crippen LogP contribution in [0.2, 0.25) is 0 Å². The molecule has 1 aliphatic heterocycles. The zero-order valence-corrected chi connectivity index (χ0v) is 13.3. The molecule has 0 spiro atoms. The maximum Gasteiger partial charge on any atom is 0.573 e. The Morgan fingerprint density at radius 3 is 2.56 bits per heavy atom. The summed E-state index contributed by atoms with van der Waals surface area (Å²) in [6, 6.07) is 8.75. The van der Waals surface area contributed by atoms with Gasteiger partial charge in [0.05, 0.1) is 0 Å². The molecule has 2 aromatic carbocycles. The maximum atomic E-state index is 13.2. The lowest BCUT2D eigenvalue weighted by Crippen LogP contribution is -2.18. The highest BCUT2D eigenvalue weighted by atomic mass is 19.4. The molecule has 0 aromatic heterocycles. The van der Waals surface area contributed by atoms with E-state index in [2.05, 4.69) is 9.64 Å². The number of halogens is 4. The van der Waals surface area contributed by atoms with Gasteiger partial charge in [-0.15, -0.1) is 13.2 Å². The standard InChI is InChI=1S/C18H17F4NO2/c19-15-5-4-13-10-23(11-14(13)9-15)7-1-2-12-3-6-16(24)17(8-12)25-18(20,21)22/h3-6,8-9,24H,1-2,7,10-11H2. The molecule has 1 aliphatic rings. The van der Waals surface area contributed by atoms with E-state index in [1.807, 2.05) is 0 Å². The number of fused-ring (bicyclic) bond motifs is 1. The van der Waals surface area contributed by atoms with Crippen molar-refractivity contribution >= 4 is 0 Å². The van der Waals surface area contributed by atoms with Crippen LogP contribution in [0.4, 0.5) is 17.6 Å². The lowest BCUT2D eigenvalue weighted by molar-refractivity contribution is -0.275. The molecule has 0 radical (unpaired) electrons. The van der Waals surface area contributed by atoms with Crippen LogP contribution in [0.25, 0.3) is 0 Å². The van der Waals surface area contributed by atoms with Crippen molar-refractivity contribution in [1.29, 1.82) is 0 Å². The number of hydrogen-bond acceptors (Lipinski definition) is 3. The van der Waals surface area contributed by atoms with Gasteiger partial charge in [0, 0.05) is 13.1 Å². The van der Waals surface area contributed by atoms with Crippen molar-refractivity contribution in [2.75, 3.05) is 6.54 Å². The number of nitrogens with zero attached hydrogens (tertiary/aromatic N) is 1. The van der Waals surface area contributed by atoms with E-state index in [1.165, 1.54) is 24.3 Å². The zero-order chi connectivity index (χ0) is 18.0. The number of benzene rings is 2. The first-order valence-corrected chi connectivity index (χ1v) is 7.87. The first-order chi connectivity index (χ1) is 11.8. The summed E-state index contributed by atoms with van der Waals surface area (Å²) in [5, 5.41) is 9.45. The first-order valence-electron chi connectivity index (χ1n) is 7.87. The van der Waals surface area contributed by atoms with Crippen LogP contribution in [-0.2, 0) is 19.5 Å². The fourth-order valence-electron chi connectivity index (χ4n) is 3.02. The molecule has 0 saturated carbocycles. The monoisotopic (exact) mass is 355 g/mol. The molecule has 0 aliphatic carbocycles. The summed E-state index contributed by atoms with van der Waals surface area (Å²) in [5.41, 5.74) is 2.73. The van der Waals surface area contributed by atoms with E-state index in [1.54, 1.807) is 12.1 Å². The van der Waals surface area contributed by atoms with Crippen LogP contribution in [0.5, 0.6) is 11.5 Å². The summed E-state index contributed by atoms with van der Waals surface area (Å²) in [4.78, 5) is 2.16. The molecule has 25 heavy (non-hydrogen) atoms. The fourth-order valence-corrected chi connectivity index (χ4v) is 3.02. The summed E-state index contributed by atoms with van der Waals surface area (Å²) in [6.07, 6.45) is -3.56. The van der Waals surface area contributed by atoms with Gasteiger partial charge in [-0.3, -0.25) is 4.90 Å². The summed E-state index contributed by atoms with van der Waals surface area (Å²) < 4.78 is 53.9. The molecule has 2 aromatic rings. The molecule has 1 N–H and O–H groups in total. The van der Waals surface area contributed by atoms with Gasteiger partial charge in [-0.05, 0) is 60.3 Å². The minimum atomic E-state index is -4.84. The highest BCUT2D eigenvalue weighted by molar-refractivity contribution is 5.42. The van der Waals surface area contributed by atoms with Crippen LogP contribution < -0.4 is 4.74 Å². The van der Waals surface area contributed by atoms with Crippen molar-refractivity contribution < 1.29 is 27.4 Å². The van der Waals surface area contributed by atoms with Crippen LogP contribution >= 0.6 is 0 Å². The number of aryl methyl sites for hydroxylation is 1. The molecule has 0 bridgehead atoms. The van der Waals surface area contributed by atoms with Crippen molar-refractivity contribution in [3.8, 4) is 11.5 Å². The molecule has 0 atom stereocenters. The molecular weight excluding hydrogens is 338 g/mol. The Morgan fingerprint density at radius 1 is 1.04 bits per heavy atom. The third-order valence-corrected chi connectivity index (χ3v) is 4.15. The normalized spacial score (nSPS) is 14.6. The minimum absolute atomic E-state index is 0.248. The van der Waals surface area contributed by atoms with E-state index in [-0.39, 0.29) is 5.82 Å². The number of phenols is 1. The molecule has 0 fully saturated rings. The highest BCUT2D eigenvalue weighted by Crippen LogP contribution is 2.32. The molecule has 0 unspecified atom stereocenters. The number of phenolic OH excluding ortho intramolecular Hbond substituents is 1. The van der Waals surface area contributed by atoms with Gasteiger partial charge in [-0.2, -0.15) is 0 Å². The van der Waals surface area contributed by atoms with E-state index < -0.39 is 17.9 Å². The van der Waals surface area contributed by atoms with E-state index in [0.29, 0.717) is 18.5 Å². The van der Waals surface area contributed by atoms with Gasteiger partial charge in [0.2, 0.25) is 0 Å². The van der Waals surface area contributed by atoms with Crippen LogP contribution in [0, 0.1) is 5.82 Å². The summed E-state index contributed by atoms with van der Waals surface area (Å²) in [7, 11) is 0. The van der Waals surface area contributed by atoms with Gasteiger partial charge < -0.3 is 9.84 Å². The number of ether oxygens (including phenoxy) is 1. The van der Waals surface area contributed by atoms with Gasteiger partial charge in [-0.25, -0.2) is 4.39 Å². The largest absolute Gasteiger partial charge is 0.573 e. The van der Waals surface area contributed by atoms with E-state index in [0.717, 1.165) is 30.6 Å². The Hall–Kier alpha value is -2.28. The van der Waals surface area contributed by atoms with Gasteiger partial charge in [-0.1, -0.05) is 12.1 Å². The predicted octanol–water partition coefficient (Wildman–Crippen LogP) is 4.38. The van der Waals surface area contributed by atoms with E-state index in [9.17, 15) is 22.7 Å². The quantitative estimate of drug-likeness (QED) is 0.808. The summed E-state index contributed by atoms with van der Waals surface area (Å²) in [6.45, 7) is 2.16. The van der Waals surface area contributed by atoms with Gasteiger partial charge in [0.25, 0.3) is 0 Å². The van der Waals surface area contributed by atoms with Gasteiger partial charge in [0.1, 0.15) is 5.82 Å². The zero-order valence-electron chi connectivity index (χ0n) is 13.3. The van der Waals surface area contributed by atoms with Crippen molar-refractivity contribution in [2.24, 2.45) is 0 Å². The molecule has 1 heterocycles. The maximum absolute atomic E-state index is 13.2. The molecular formula is C18H17F4NO2. The Kier molecular flexibility index (Phi) is 4.85. The number of rotatable bonds is 5. The molecule has 7 heteroatoms. The van der Waals surface area contributed by atoms with Gasteiger partial charge in [0.15, 0.2) is 11.5 Å². The third-order valence-electron chi connectivity index (χ3n) is 4.15. The Morgan fingerprint density at radius 2 is 1.80 bits per heavy atom. The van der Waals surface area contributed by atoms with Crippen LogP contribution in [0.3, 0.4) is 0 Å². The third kappa shape index (κ3) is 4.63. The second-order valence-corrected chi connectivity index (χ2v) is 6.08. The number of aromatic hydroxyl groups is 1. The Balaban J connectivity index is 1.54. The van der Waals surface area contributed by atoms with Crippen molar-refractivity contribution in [1.82, 2.24) is 4.90 Å². The lowest BCUT2D eigenvalue weighted by atomic mass is 10.1. The smallest absolute Gasteiger partial charge is 0.504 e. The van der Waals surface area contributed by atoms with E-state index in [4.69, 9.17) is 0 Å². The summed E-state index contributed by atoms with van der Waals surface area (Å²) in [5.74, 6) is -1.38. The average Bonchev–Trinajstić information content (AvgIpc) is 2.91. The van der Waals surface area contributed by atoms with Crippen LogP contribution in [-0.4, -0.2) is 22.9 Å². The van der Waals surface area contributed by atoms with Crippen molar-refractivity contribution in [2.45, 2.75) is 32.3 Å². The number of alkyl halides is 3. The Labute approximate surface area is 142 Å². The molecule has 3 rings (SSSR count). The second-order valence-electron chi connectivity index (χ2n) is 6.08. The van der Waals surface area contributed by atoms with Crippen molar-refractivity contribution in [3.05, 3.63) is 58.9 Å². The van der Waals surface area contributed by atoms with Gasteiger partial charge >= 0.3 is 6.36 Å². The summed E-state index contributed by atoms with van der Waals surface area (Å²) >= 11 is 0. The first kappa shape index (κ1) is 17.5. The highest BCUT2D eigenvalue weighted by Gasteiger charge is 2.32. The average molecular weight is 355 g/mol. The molecule has 134 valence electrons. The molecule has 0 saturated heterocycles. The SMILES string of the molecule is Oc1ccc(CCCN2Cc3ccc(F)cc3C2)cc1OC(F)(F)F. The Bertz CT molecular complexity index is 761. The molecule has 0 amide bonds. The minimum Gasteiger partial charge on any atom is -0.504 e. The molecule has 3 nitrogen and oxygen atoms in total. The predicted molar refractivity (Wildman–Crippen MR) is 83.6 cm³/mol. The lowest BCUT2D eigenvalue weighted by Gasteiger charge is -2.15. The number of hydrogen-bond donors (Lipinski definition) is 1. The van der Waals surface area contributed by atoms with Crippen LogP contribution in [0.15, 0.2) is 36.4 Å². The van der Waals surface area contributed by atoms with E-state index >= 15 is 0 Å².